The maximum absolute atomic E-state index is 12.6. The number of para-hydroxylation sites is 1. The van der Waals surface area contributed by atoms with Crippen molar-refractivity contribution in [3.8, 4) is 22.8 Å². The fourth-order valence-corrected chi connectivity index (χ4v) is 2.47. The van der Waals surface area contributed by atoms with Crippen molar-refractivity contribution in [3.05, 3.63) is 76.7 Å². The van der Waals surface area contributed by atoms with Gasteiger partial charge in [-0.2, -0.15) is 0 Å². The van der Waals surface area contributed by atoms with E-state index in [1.165, 1.54) is 7.11 Å². The molecule has 0 aliphatic heterocycles. The van der Waals surface area contributed by atoms with E-state index in [2.05, 4.69) is 4.98 Å². The second-order valence-corrected chi connectivity index (χ2v) is 4.90. The van der Waals surface area contributed by atoms with Crippen LogP contribution in [0.5, 0.6) is 5.88 Å². The number of hydrogen-bond donors (Lipinski definition) is 0. The van der Waals surface area contributed by atoms with E-state index in [0.29, 0.717) is 0 Å². The van der Waals surface area contributed by atoms with Crippen molar-refractivity contribution in [2.75, 3.05) is 7.11 Å². The summed E-state index contributed by atoms with van der Waals surface area (Å²) < 4.78 is 6.81. The Morgan fingerprint density at radius 1 is 0.955 bits per heavy atom. The van der Waals surface area contributed by atoms with Crippen LogP contribution in [0.4, 0.5) is 0 Å². The molecule has 0 aliphatic carbocycles. The van der Waals surface area contributed by atoms with Gasteiger partial charge in [0.25, 0.3) is 5.88 Å². The first kappa shape index (κ1) is 14.1. The Kier molecular flexibility index (Phi) is 3.74. The van der Waals surface area contributed by atoms with Crippen LogP contribution in [0.15, 0.2) is 65.5 Å². The van der Waals surface area contributed by atoms with Gasteiger partial charge in [0.1, 0.15) is 0 Å². The molecule has 22 heavy (non-hydrogen) atoms. The number of methoxy groups -OCH3 is 1. The van der Waals surface area contributed by atoms with E-state index in [1.807, 2.05) is 67.6 Å². The number of aromatic nitrogens is 2. The van der Waals surface area contributed by atoms with Crippen molar-refractivity contribution in [3.63, 3.8) is 0 Å². The lowest BCUT2D eigenvalue weighted by Crippen LogP contribution is -2.24. The second kappa shape index (κ2) is 5.85. The monoisotopic (exact) mass is 292 g/mol. The normalized spacial score (nSPS) is 10.5. The van der Waals surface area contributed by atoms with Gasteiger partial charge in [-0.05, 0) is 19.1 Å². The molecular formula is C18H16N2O2. The van der Waals surface area contributed by atoms with Crippen LogP contribution >= 0.6 is 0 Å². The minimum absolute atomic E-state index is 0.0910. The molecule has 1 aromatic heterocycles. The molecule has 0 fully saturated rings. The van der Waals surface area contributed by atoms with Gasteiger partial charge in [0.15, 0.2) is 0 Å². The standard InChI is InChI=1S/C18H16N2O2/c1-13-16(14-9-5-3-6-10-14)19-17(22-2)18(21)20(13)15-11-7-4-8-12-15/h3-12H,1-2H3. The summed E-state index contributed by atoms with van der Waals surface area (Å²) in [5.41, 5.74) is 3.00. The smallest absolute Gasteiger partial charge is 0.318 e. The van der Waals surface area contributed by atoms with Gasteiger partial charge in [0.05, 0.1) is 12.8 Å². The molecule has 0 saturated carbocycles. The maximum atomic E-state index is 12.6. The highest BCUT2D eigenvalue weighted by molar-refractivity contribution is 5.63. The summed E-state index contributed by atoms with van der Waals surface area (Å²) in [5.74, 6) is 0.0910. The van der Waals surface area contributed by atoms with Crippen LogP contribution in [0.1, 0.15) is 5.69 Å². The Morgan fingerprint density at radius 3 is 2.14 bits per heavy atom. The largest absolute Gasteiger partial charge is 0.477 e. The highest BCUT2D eigenvalue weighted by atomic mass is 16.5. The van der Waals surface area contributed by atoms with Crippen LogP contribution in [-0.4, -0.2) is 16.7 Å². The first-order valence-electron chi connectivity index (χ1n) is 7.01. The fourth-order valence-electron chi connectivity index (χ4n) is 2.47. The zero-order valence-corrected chi connectivity index (χ0v) is 12.5. The average Bonchev–Trinajstić information content (AvgIpc) is 2.57. The summed E-state index contributed by atoms with van der Waals surface area (Å²) in [7, 11) is 1.46. The SMILES string of the molecule is COc1nc(-c2ccccc2)c(C)n(-c2ccccc2)c1=O. The summed E-state index contributed by atoms with van der Waals surface area (Å²) >= 11 is 0. The summed E-state index contributed by atoms with van der Waals surface area (Å²) in [6, 6.07) is 19.3. The highest BCUT2D eigenvalue weighted by Gasteiger charge is 2.16. The maximum Gasteiger partial charge on any atom is 0.318 e. The molecule has 1 heterocycles. The molecule has 0 aliphatic rings. The Hall–Kier alpha value is -2.88. The molecule has 3 aromatic rings. The first-order valence-corrected chi connectivity index (χ1v) is 7.01. The molecule has 0 radical (unpaired) electrons. The van der Waals surface area contributed by atoms with Gasteiger partial charge in [-0.3, -0.25) is 9.36 Å². The molecule has 4 heteroatoms. The van der Waals surface area contributed by atoms with Crippen LogP contribution in [0.2, 0.25) is 0 Å². The lowest BCUT2D eigenvalue weighted by atomic mass is 10.1. The van der Waals surface area contributed by atoms with E-state index >= 15 is 0 Å². The summed E-state index contributed by atoms with van der Waals surface area (Å²) in [6.07, 6.45) is 0. The summed E-state index contributed by atoms with van der Waals surface area (Å²) in [4.78, 5) is 17.0. The average molecular weight is 292 g/mol. The molecule has 0 atom stereocenters. The Balaban J connectivity index is 2.33. The number of rotatable bonds is 3. The minimum atomic E-state index is -0.258. The van der Waals surface area contributed by atoms with Crippen molar-refractivity contribution in [2.45, 2.75) is 6.92 Å². The van der Waals surface area contributed by atoms with Crippen LogP contribution in [0.25, 0.3) is 16.9 Å². The van der Waals surface area contributed by atoms with Crippen LogP contribution < -0.4 is 10.3 Å². The fraction of sp³-hybridized carbons (Fsp3) is 0.111. The molecule has 0 saturated heterocycles. The molecule has 0 amide bonds. The van der Waals surface area contributed by atoms with E-state index in [0.717, 1.165) is 22.6 Å². The molecule has 0 unspecified atom stereocenters. The summed E-state index contributed by atoms with van der Waals surface area (Å²) in [5, 5.41) is 0. The van der Waals surface area contributed by atoms with Gasteiger partial charge in [0.2, 0.25) is 0 Å². The van der Waals surface area contributed by atoms with Gasteiger partial charge >= 0.3 is 5.56 Å². The number of hydrogen-bond acceptors (Lipinski definition) is 3. The zero-order valence-electron chi connectivity index (χ0n) is 12.5. The van der Waals surface area contributed by atoms with E-state index in [-0.39, 0.29) is 11.4 Å². The molecule has 0 N–H and O–H groups in total. The highest BCUT2D eigenvalue weighted by Crippen LogP contribution is 2.23. The quantitative estimate of drug-likeness (QED) is 0.744. The van der Waals surface area contributed by atoms with Gasteiger partial charge in [-0.1, -0.05) is 48.5 Å². The predicted octanol–water partition coefficient (Wildman–Crippen LogP) is 3.22. The van der Waals surface area contributed by atoms with Gasteiger partial charge < -0.3 is 4.74 Å². The van der Waals surface area contributed by atoms with Crippen molar-refractivity contribution < 1.29 is 4.74 Å². The molecule has 0 bridgehead atoms. The lowest BCUT2D eigenvalue weighted by Gasteiger charge is -2.15. The molecular weight excluding hydrogens is 276 g/mol. The number of ether oxygens (including phenoxy) is 1. The van der Waals surface area contributed by atoms with Crippen molar-refractivity contribution in [2.24, 2.45) is 0 Å². The Morgan fingerprint density at radius 2 is 1.55 bits per heavy atom. The minimum Gasteiger partial charge on any atom is -0.477 e. The third-order valence-corrected chi connectivity index (χ3v) is 3.53. The van der Waals surface area contributed by atoms with Gasteiger partial charge in [-0.15, -0.1) is 0 Å². The van der Waals surface area contributed by atoms with Crippen LogP contribution in [-0.2, 0) is 0 Å². The molecule has 0 spiro atoms. The third kappa shape index (κ3) is 2.39. The second-order valence-electron chi connectivity index (χ2n) is 4.90. The van der Waals surface area contributed by atoms with Gasteiger partial charge in [0, 0.05) is 16.9 Å². The molecule has 4 nitrogen and oxygen atoms in total. The Labute approximate surface area is 128 Å². The number of nitrogens with zero attached hydrogens (tertiary/aromatic N) is 2. The predicted molar refractivity (Wildman–Crippen MR) is 86.6 cm³/mol. The zero-order chi connectivity index (χ0) is 15.5. The molecule has 110 valence electrons. The van der Waals surface area contributed by atoms with Crippen LogP contribution in [0, 0.1) is 6.92 Å². The Bertz CT molecular complexity index is 840. The van der Waals surface area contributed by atoms with Gasteiger partial charge in [-0.25, -0.2) is 4.98 Å². The van der Waals surface area contributed by atoms with Crippen LogP contribution in [0.3, 0.4) is 0 Å². The molecule has 2 aromatic carbocycles. The number of benzene rings is 2. The topological polar surface area (TPSA) is 44.1 Å². The van der Waals surface area contributed by atoms with E-state index in [9.17, 15) is 4.79 Å². The summed E-state index contributed by atoms with van der Waals surface area (Å²) in [6.45, 7) is 1.89. The van der Waals surface area contributed by atoms with Crippen molar-refractivity contribution in [1.82, 2.24) is 9.55 Å². The van der Waals surface area contributed by atoms with E-state index in [1.54, 1.807) is 4.57 Å². The molecule has 3 rings (SSSR count). The van der Waals surface area contributed by atoms with Crippen molar-refractivity contribution >= 4 is 0 Å². The third-order valence-electron chi connectivity index (χ3n) is 3.53. The lowest BCUT2D eigenvalue weighted by molar-refractivity contribution is 0.388. The first-order chi connectivity index (χ1) is 10.7. The van der Waals surface area contributed by atoms with E-state index in [4.69, 9.17) is 4.74 Å². The van der Waals surface area contributed by atoms with E-state index < -0.39 is 0 Å². The van der Waals surface area contributed by atoms with Crippen molar-refractivity contribution in [1.29, 1.82) is 0 Å².